The van der Waals surface area contributed by atoms with Gasteiger partial charge in [-0.3, -0.25) is 4.90 Å². The SMILES string of the molecule is FC(F)(F)c1ccnc(NCCN2CCc3ccccc3C2)n1. The Balaban J connectivity index is 1.53. The fourth-order valence-electron chi connectivity index (χ4n) is 2.67. The van der Waals surface area contributed by atoms with Crippen molar-refractivity contribution in [1.29, 1.82) is 0 Å². The zero-order chi connectivity index (χ0) is 16.3. The number of fused-ring (bicyclic) bond motifs is 1. The molecule has 1 aliphatic rings. The number of hydrogen-bond acceptors (Lipinski definition) is 4. The molecule has 0 unspecified atom stereocenters. The molecule has 1 aromatic heterocycles. The van der Waals surface area contributed by atoms with Gasteiger partial charge in [-0.15, -0.1) is 0 Å². The second kappa shape index (κ2) is 6.54. The lowest BCUT2D eigenvalue weighted by Crippen LogP contribution is -2.34. The van der Waals surface area contributed by atoms with Gasteiger partial charge in [-0.05, 0) is 23.6 Å². The highest BCUT2D eigenvalue weighted by atomic mass is 19.4. The smallest absolute Gasteiger partial charge is 0.353 e. The molecule has 3 rings (SSSR count). The van der Waals surface area contributed by atoms with Gasteiger partial charge in [-0.2, -0.15) is 13.2 Å². The second-order valence-electron chi connectivity index (χ2n) is 5.48. The van der Waals surface area contributed by atoms with Crippen molar-refractivity contribution in [3.05, 3.63) is 53.3 Å². The molecular formula is C16H17F3N4. The number of aromatic nitrogens is 2. The standard InChI is InChI=1S/C16H17F3N4/c17-16(18,19)14-5-7-20-15(22-14)21-8-10-23-9-6-12-3-1-2-4-13(12)11-23/h1-5,7H,6,8-11H2,(H,20,21,22). The summed E-state index contributed by atoms with van der Waals surface area (Å²) in [4.78, 5) is 9.59. The van der Waals surface area contributed by atoms with Crippen LogP contribution >= 0.6 is 0 Å². The lowest BCUT2D eigenvalue weighted by atomic mass is 10.00. The van der Waals surface area contributed by atoms with Gasteiger partial charge in [0.2, 0.25) is 5.95 Å². The average Bonchev–Trinajstić information content (AvgIpc) is 2.54. The van der Waals surface area contributed by atoms with Gasteiger partial charge in [0.05, 0.1) is 0 Å². The first kappa shape index (κ1) is 15.7. The molecule has 0 saturated heterocycles. The van der Waals surface area contributed by atoms with Crippen molar-refractivity contribution in [3.8, 4) is 0 Å². The Morgan fingerprint density at radius 3 is 2.70 bits per heavy atom. The largest absolute Gasteiger partial charge is 0.433 e. The van der Waals surface area contributed by atoms with E-state index < -0.39 is 11.9 Å². The molecule has 0 aliphatic carbocycles. The third-order valence-electron chi connectivity index (χ3n) is 3.87. The molecule has 0 fully saturated rings. The van der Waals surface area contributed by atoms with Gasteiger partial charge in [0.1, 0.15) is 5.69 Å². The van der Waals surface area contributed by atoms with Gasteiger partial charge in [-0.25, -0.2) is 9.97 Å². The van der Waals surface area contributed by atoms with Crippen LogP contribution in [-0.4, -0.2) is 34.5 Å². The third kappa shape index (κ3) is 3.98. The van der Waals surface area contributed by atoms with Crippen LogP contribution in [0, 0.1) is 0 Å². The summed E-state index contributed by atoms with van der Waals surface area (Å²) in [6.07, 6.45) is -2.33. The Kier molecular flexibility index (Phi) is 4.47. The first-order chi connectivity index (χ1) is 11.0. The van der Waals surface area contributed by atoms with Gasteiger partial charge in [0.25, 0.3) is 0 Å². The number of nitrogens with one attached hydrogen (secondary N) is 1. The monoisotopic (exact) mass is 322 g/mol. The number of nitrogens with zero attached hydrogens (tertiary/aromatic N) is 3. The fourth-order valence-corrected chi connectivity index (χ4v) is 2.67. The van der Waals surface area contributed by atoms with Gasteiger partial charge in [-0.1, -0.05) is 24.3 Å². The van der Waals surface area contributed by atoms with Gasteiger partial charge in [0.15, 0.2) is 0 Å². The predicted molar refractivity (Wildman–Crippen MR) is 80.9 cm³/mol. The Morgan fingerprint density at radius 2 is 1.91 bits per heavy atom. The highest BCUT2D eigenvalue weighted by Crippen LogP contribution is 2.27. The van der Waals surface area contributed by atoms with Crippen molar-refractivity contribution in [2.75, 3.05) is 25.0 Å². The average molecular weight is 322 g/mol. The Hall–Kier alpha value is -2.15. The zero-order valence-electron chi connectivity index (χ0n) is 12.5. The number of alkyl halides is 3. The van der Waals surface area contributed by atoms with E-state index in [1.54, 1.807) is 0 Å². The van der Waals surface area contributed by atoms with Gasteiger partial charge >= 0.3 is 6.18 Å². The van der Waals surface area contributed by atoms with Crippen LogP contribution in [-0.2, 0) is 19.1 Å². The van der Waals surface area contributed by atoms with Crippen LogP contribution in [0.15, 0.2) is 36.5 Å². The van der Waals surface area contributed by atoms with Crippen molar-refractivity contribution in [2.45, 2.75) is 19.1 Å². The molecule has 0 saturated carbocycles. The molecule has 0 bridgehead atoms. The number of halogens is 3. The van der Waals surface area contributed by atoms with Crippen LogP contribution in [0.5, 0.6) is 0 Å². The van der Waals surface area contributed by atoms with E-state index in [2.05, 4.69) is 32.3 Å². The molecule has 0 amide bonds. The highest BCUT2D eigenvalue weighted by molar-refractivity contribution is 5.29. The second-order valence-corrected chi connectivity index (χ2v) is 5.48. The Morgan fingerprint density at radius 1 is 1.13 bits per heavy atom. The maximum absolute atomic E-state index is 12.6. The zero-order valence-corrected chi connectivity index (χ0v) is 12.5. The molecular weight excluding hydrogens is 305 g/mol. The van der Waals surface area contributed by atoms with E-state index in [0.717, 1.165) is 38.3 Å². The molecule has 1 aromatic carbocycles. The number of anilines is 1. The van der Waals surface area contributed by atoms with Crippen molar-refractivity contribution in [3.63, 3.8) is 0 Å². The Labute approximate surface area is 132 Å². The molecule has 2 aromatic rings. The molecule has 0 radical (unpaired) electrons. The minimum Gasteiger partial charge on any atom is -0.353 e. The van der Waals surface area contributed by atoms with Crippen LogP contribution in [0.2, 0.25) is 0 Å². The molecule has 4 nitrogen and oxygen atoms in total. The summed E-state index contributed by atoms with van der Waals surface area (Å²) in [6, 6.07) is 9.19. The third-order valence-corrected chi connectivity index (χ3v) is 3.87. The molecule has 1 N–H and O–H groups in total. The molecule has 1 aliphatic heterocycles. The first-order valence-electron chi connectivity index (χ1n) is 7.45. The van der Waals surface area contributed by atoms with Crippen LogP contribution in [0.25, 0.3) is 0 Å². The lowest BCUT2D eigenvalue weighted by Gasteiger charge is -2.28. The Bertz CT molecular complexity index is 672. The van der Waals surface area contributed by atoms with E-state index in [1.165, 1.54) is 11.1 Å². The van der Waals surface area contributed by atoms with E-state index in [0.29, 0.717) is 6.54 Å². The minimum absolute atomic E-state index is 0.0113. The van der Waals surface area contributed by atoms with E-state index in [9.17, 15) is 13.2 Å². The van der Waals surface area contributed by atoms with Gasteiger partial charge in [0, 0.05) is 32.4 Å². The topological polar surface area (TPSA) is 41.1 Å². The molecule has 23 heavy (non-hydrogen) atoms. The van der Waals surface area contributed by atoms with E-state index in [4.69, 9.17) is 0 Å². The van der Waals surface area contributed by atoms with Crippen LogP contribution in [0.4, 0.5) is 19.1 Å². The maximum Gasteiger partial charge on any atom is 0.433 e. The van der Waals surface area contributed by atoms with E-state index >= 15 is 0 Å². The quantitative estimate of drug-likeness (QED) is 0.940. The maximum atomic E-state index is 12.6. The summed E-state index contributed by atoms with van der Waals surface area (Å²) in [5, 5.41) is 2.86. The van der Waals surface area contributed by atoms with Crippen LogP contribution in [0.1, 0.15) is 16.8 Å². The molecule has 0 atom stereocenters. The lowest BCUT2D eigenvalue weighted by molar-refractivity contribution is -0.141. The summed E-state index contributed by atoms with van der Waals surface area (Å²) in [5.41, 5.74) is 1.76. The minimum atomic E-state index is -4.45. The summed E-state index contributed by atoms with van der Waals surface area (Å²) in [6.45, 7) is 3.04. The normalized spacial score (nSPS) is 15.3. The van der Waals surface area contributed by atoms with Crippen molar-refractivity contribution >= 4 is 5.95 Å². The van der Waals surface area contributed by atoms with E-state index in [1.807, 2.05) is 12.1 Å². The van der Waals surface area contributed by atoms with Crippen molar-refractivity contribution < 1.29 is 13.2 Å². The van der Waals surface area contributed by atoms with Gasteiger partial charge < -0.3 is 5.32 Å². The van der Waals surface area contributed by atoms with Crippen molar-refractivity contribution in [1.82, 2.24) is 14.9 Å². The first-order valence-corrected chi connectivity index (χ1v) is 7.45. The van der Waals surface area contributed by atoms with Crippen LogP contribution in [0.3, 0.4) is 0 Å². The van der Waals surface area contributed by atoms with Crippen molar-refractivity contribution in [2.24, 2.45) is 0 Å². The summed E-state index contributed by atoms with van der Waals surface area (Å²) in [7, 11) is 0. The molecule has 7 heteroatoms. The van der Waals surface area contributed by atoms with E-state index in [-0.39, 0.29) is 5.95 Å². The molecule has 2 heterocycles. The fraction of sp³-hybridized carbons (Fsp3) is 0.375. The summed E-state index contributed by atoms with van der Waals surface area (Å²) in [5.74, 6) is 0.0113. The predicted octanol–water partition coefficient (Wildman–Crippen LogP) is 2.97. The van der Waals surface area contributed by atoms with Crippen LogP contribution < -0.4 is 5.32 Å². The summed E-state index contributed by atoms with van der Waals surface area (Å²) >= 11 is 0. The molecule has 122 valence electrons. The number of benzene rings is 1. The number of rotatable bonds is 4. The summed E-state index contributed by atoms with van der Waals surface area (Å²) < 4.78 is 37.8. The molecule has 0 spiro atoms. The highest BCUT2D eigenvalue weighted by Gasteiger charge is 2.32. The number of hydrogen-bond donors (Lipinski definition) is 1.